The van der Waals surface area contributed by atoms with Crippen LogP contribution >= 0.6 is 0 Å². The Morgan fingerprint density at radius 3 is 2.14 bits per heavy atom. The van der Waals surface area contributed by atoms with E-state index in [1.54, 1.807) is 7.05 Å². The number of benzene rings is 3. The highest BCUT2D eigenvalue weighted by Gasteiger charge is 2.29. The maximum absolute atomic E-state index is 13.2. The quantitative estimate of drug-likeness (QED) is 0.228. The van der Waals surface area contributed by atoms with Gasteiger partial charge in [-0.2, -0.15) is 0 Å². The van der Waals surface area contributed by atoms with Gasteiger partial charge in [0.15, 0.2) is 0 Å². The van der Waals surface area contributed by atoms with Gasteiger partial charge in [0.25, 0.3) is 0 Å². The van der Waals surface area contributed by atoms with Crippen LogP contribution in [0.4, 0.5) is 10.5 Å². The predicted molar refractivity (Wildman–Crippen MR) is 151 cm³/mol. The van der Waals surface area contributed by atoms with Crippen molar-refractivity contribution in [3.63, 3.8) is 0 Å². The Labute approximate surface area is 220 Å². The molecule has 1 aliphatic carbocycles. The first-order chi connectivity index (χ1) is 17.6. The second kappa shape index (κ2) is 10.7. The largest absolute Gasteiger partial charge is 0.469 e. The molecule has 0 aromatic heterocycles. The highest BCUT2D eigenvalue weighted by Crippen LogP contribution is 2.44. The van der Waals surface area contributed by atoms with Crippen LogP contribution in [0.5, 0.6) is 0 Å². The van der Waals surface area contributed by atoms with Crippen molar-refractivity contribution in [2.24, 2.45) is 0 Å². The molecule has 4 rings (SSSR count). The number of anilines is 1. The Hall–Kier alpha value is -3.82. The van der Waals surface area contributed by atoms with Gasteiger partial charge in [0, 0.05) is 24.2 Å². The number of amides is 1. The first-order valence-corrected chi connectivity index (χ1v) is 15.9. The monoisotopic (exact) mass is 511 g/mol. The van der Waals surface area contributed by atoms with Crippen molar-refractivity contribution in [2.75, 3.05) is 25.7 Å². The summed E-state index contributed by atoms with van der Waals surface area (Å²) in [5, 5.41) is 0. The summed E-state index contributed by atoms with van der Waals surface area (Å²) in [5.74, 6) is 2.94. The summed E-state index contributed by atoms with van der Waals surface area (Å²) in [5.41, 5.74) is 11.2. The molecule has 3 aromatic carbocycles. The molecule has 0 saturated carbocycles. The van der Waals surface area contributed by atoms with Gasteiger partial charge in [-0.15, -0.1) is 5.54 Å². The number of methoxy groups -OCH3 is 1. The van der Waals surface area contributed by atoms with E-state index in [1.165, 1.54) is 34.3 Å². The normalized spacial score (nSPS) is 12.2. The van der Waals surface area contributed by atoms with E-state index in [4.69, 9.17) is 9.47 Å². The lowest BCUT2D eigenvalue weighted by molar-refractivity contribution is -0.139. The van der Waals surface area contributed by atoms with Crippen molar-refractivity contribution in [3.8, 4) is 22.6 Å². The van der Waals surface area contributed by atoms with Gasteiger partial charge in [0.1, 0.15) is 14.7 Å². The molecule has 190 valence electrons. The number of rotatable bonds is 5. The highest BCUT2D eigenvalue weighted by atomic mass is 28.3. The molecule has 0 N–H and O–H groups in total. The molecule has 0 saturated heterocycles. The summed E-state index contributed by atoms with van der Waals surface area (Å²) in [6, 6.07) is 20.2. The first kappa shape index (κ1) is 26.2. The summed E-state index contributed by atoms with van der Waals surface area (Å²) in [4.78, 5) is 26.8. The molecule has 0 spiro atoms. The number of ether oxygens (including phenoxy) is 2. The van der Waals surface area contributed by atoms with E-state index in [1.807, 2.05) is 43.3 Å². The second-order valence-corrected chi connectivity index (χ2v) is 15.1. The Morgan fingerprint density at radius 2 is 1.57 bits per heavy atom. The average Bonchev–Trinajstić information content (AvgIpc) is 3.20. The molecule has 0 unspecified atom stereocenters. The van der Waals surface area contributed by atoms with Gasteiger partial charge in [0.05, 0.1) is 13.5 Å². The molecule has 5 nitrogen and oxygen atoms in total. The lowest BCUT2D eigenvalue weighted by Gasteiger charge is -2.21. The van der Waals surface area contributed by atoms with Crippen molar-refractivity contribution in [1.29, 1.82) is 0 Å². The third kappa shape index (κ3) is 5.78. The molecular formula is C31H33NO4Si. The average molecular weight is 512 g/mol. The van der Waals surface area contributed by atoms with Crippen LogP contribution in [0.1, 0.15) is 33.7 Å². The molecule has 0 radical (unpaired) electrons. The molecule has 0 bridgehead atoms. The van der Waals surface area contributed by atoms with Crippen LogP contribution in [-0.2, 0) is 20.7 Å². The van der Waals surface area contributed by atoms with Gasteiger partial charge >= 0.3 is 12.1 Å². The van der Waals surface area contributed by atoms with Crippen molar-refractivity contribution in [2.45, 2.75) is 38.9 Å². The van der Waals surface area contributed by atoms with Crippen LogP contribution in [0.15, 0.2) is 60.7 Å². The topological polar surface area (TPSA) is 55.8 Å². The fraction of sp³-hybridized carbons (Fsp3) is 0.290. The minimum absolute atomic E-state index is 0.0178. The van der Waals surface area contributed by atoms with Crippen molar-refractivity contribution >= 4 is 25.8 Å². The first-order valence-electron chi connectivity index (χ1n) is 12.4. The summed E-state index contributed by atoms with van der Waals surface area (Å²) in [6.45, 7) is 8.72. The predicted octanol–water partition coefficient (Wildman–Crippen LogP) is 6.32. The van der Waals surface area contributed by atoms with Gasteiger partial charge in [-0.3, -0.25) is 9.69 Å². The lowest BCUT2D eigenvalue weighted by Crippen LogP contribution is -2.29. The minimum atomic E-state index is -1.63. The van der Waals surface area contributed by atoms with Crippen LogP contribution in [0.2, 0.25) is 19.6 Å². The molecule has 0 heterocycles. The molecule has 37 heavy (non-hydrogen) atoms. The Bertz CT molecular complexity index is 1370. The Kier molecular flexibility index (Phi) is 7.56. The summed E-state index contributed by atoms with van der Waals surface area (Å²) in [7, 11) is 1.42. The maximum atomic E-state index is 13.2. The molecular weight excluding hydrogens is 478 g/mol. The number of hydrogen-bond donors (Lipinski definition) is 0. The zero-order valence-electron chi connectivity index (χ0n) is 22.3. The summed E-state index contributed by atoms with van der Waals surface area (Å²) < 4.78 is 10.7. The van der Waals surface area contributed by atoms with Crippen LogP contribution in [0.25, 0.3) is 11.1 Å². The van der Waals surface area contributed by atoms with Crippen molar-refractivity contribution in [3.05, 3.63) is 88.5 Å². The molecule has 6 heteroatoms. The number of carbonyl (C=O) groups excluding carboxylic acids is 2. The van der Waals surface area contributed by atoms with Gasteiger partial charge < -0.3 is 9.47 Å². The number of carbonyl (C=O) groups is 2. The fourth-order valence-electron chi connectivity index (χ4n) is 4.54. The van der Waals surface area contributed by atoms with Crippen molar-refractivity contribution < 1.29 is 19.1 Å². The van der Waals surface area contributed by atoms with E-state index in [0.29, 0.717) is 5.69 Å². The fourth-order valence-corrected chi connectivity index (χ4v) is 5.05. The van der Waals surface area contributed by atoms with Crippen molar-refractivity contribution in [1.82, 2.24) is 0 Å². The second-order valence-electron chi connectivity index (χ2n) is 10.4. The van der Waals surface area contributed by atoms with Crippen LogP contribution in [0, 0.1) is 18.4 Å². The lowest BCUT2D eigenvalue weighted by atomic mass is 9.98. The molecule has 3 aromatic rings. The zero-order chi connectivity index (χ0) is 26.7. The van der Waals surface area contributed by atoms with Crippen LogP contribution in [-0.4, -0.2) is 40.9 Å². The zero-order valence-corrected chi connectivity index (χ0v) is 23.3. The number of fused-ring (bicyclic) bond motifs is 3. The van der Waals surface area contributed by atoms with Gasteiger partial charge in [0.2, 0.25) is 0 Å². The molecule has 1 aliphatic rings. The van der Waals surface area contributed by atoms with Gasteiger partial charge in [-0.05, 0) is 52.4 Å². The standard InChI is InChI=1S/C31H33NO4Si/c1-21-22(15-16-37(4,5)6)17-24(18-23(21)19-30(33)35-3)32(2)31(34)36-20-29-27-13-9-7-11-25(27)26-12-8-10-14-28(26)29/h7-14,17-18,29H,19-20H2,1-6H3. The molecule has 0 aliphatic heterocycles. The highest BCUT2D eigenvalue weighted by molar-refractivity contribution is 6.83. The number of nitrogens with zero attached hydrogens (tertiary/aromatic N) is 1. The Balaban J connectivity index is 1.59. The molecule has 0 fully saturated rings. The summed E-state index contributed by atoms with van der Waals surface area (Å²) >= 11 is 0. The minimum Gasteiger partial charge on any atom is -0.469 e. The van der Waals surface area contributed by atoms with Crippen LogP contribution in [0.3, 0.4) is 0 Å². The smallest absolute Gasteiger partial charge is 0.414 e. The van der Waals surface area contributed by atoms with Crippen LogP contribution < -0.4 is 4.90 Å². The van der Waals surface area contributed by atoms with Gasteiger partial charge in [-0.25, -0.2) is 4.79 Å². The van der Waals surface area contributed by atoms with E-state index >= 15 is 0 Å². The van der Waals surface area contributed by atoms with E-state index in [9.17, 15) is 9.59 Å². The number of hydrogen-bond acceptors (Lipinski definition) is 4. The van der Waals surface area contributed by atoms with E-state index < -0.39 is 14.2 Å². The van der Waals surface area contributed by atoms with E-state index in [-0.39, 0.29) is 24.9 Å². The maximum Gasteiger partial charge on any atom is 0.414 e. The van der Waals surface area contributed by atoms with Gasteiger partial charge in [-0.1, -0.05) is 74.1 Å². The third-order valence-electron chi connectivity index (χ3n) is 6.63. The molecule has 1 amide bonds. The molecule has 0 atom stereocenters. The number of esters is 1. The SMILES string of the molecule is COC(=O)Cc1cc(N(C)C(=O)OCC2c3ccccc3-c3ccccc32)cc(C#C[Si](C)(C)C)c1C. The third-order valence-corrected chi connectivity index (χ3v) is 7.51. The Morgan fingerprint density at radius 1 is 0.973 bits per heavy atom. The summed E-state index contributed by atoms with van der Waals surface area (Å²) in [6.07, 6.45) is -0.352. The van der Waals surface area contributed by atoms with E-state index in [0.717, 1.165) is 16.7 Å². The van der Waals surface area contributed by atoms with E-state index in [2.05, 4.69) is 55.4 Å².